The molecule has 0 atom stereocenters. The van der Waals surface area contributed by atoms with E-state index < -0.39 is 11.5 Å². The van der Waals surface area contributed by atoms with Gasteiger partial charge in [-0.2, -0.15) is 0 Å². The van der Waals surface area contributed by atoms with Gasteiger partial charge in [0.2, 0.25) is 5.91 Å². The molecule has 2 fully saturated rings. The first-order chi connectivity index (χ1) is 20.3. The van der Waals surface area contributed by atoms with Crippen LogP contribution in [-0.2, 0) is 16.6 Å². The molecule has 6 rings (SSSR count). The molecular weight excluding hydrogens is 530 g/mol. The monoisotopic (exact) mass is 564 g/mol. The normalized spacial score (nSPS) is 16.4. The number of imidazole rings is 1. The van der Waals surface area contributed by atoms with Crippen molar-refractivity contribution in [2.75, 3.05) is 5.32 Å². The molecule has 3 N–H and O–H groups in total. The van der Waals surface area contributed by atoms with E-state index in [1.807, 2.05) is 43.4 Å². The lowest BCUT2D eigenvalue weighted by Gasteiger charge is -2.40. The molecule has 2 saturated carbocycles. The van der Waals surface area contributed by atoms with E-state index >= 15 is 0 Å². The summed E-state index contributed by atoms with van der Waals surface area (Å²) in [5.41, 5.74) is 3.72. The van der Waals surface area contributed by atoms with E-state index in [0.29, 0.717) is 35.7 Å². The Morgan fingerprint density at radius 2 is 1.79 bits per heavy atom. The standard InChI is InChI=1S/C33H33N5O4/c1-37-28-21-23(13-16-27(28)38(25-7-2-3-8-25)31(37)26-9-4-5-20-34-26)30(41)36-33(18-6-19-33)32(42)35-24-14-10-22(11-15-24)12-17-29(39)40/h4-5,9-17,20-21,25H,2-3,6-8,18-19H2,1H3,(H2-,35,36,39,40,41,42)/p+1/b17-12+. The maximum absolute atomic E-state index is 13.6. The zero-order valence-corrected chi connectivity index (χ0v) is 23.5. The second-order valence-corrected chi connectivity index (χ2v) is 11.2. The number of benzene rings is 2. The summed E-state index contributed by atoms with van der Waals surface area (Å²) >= 11 is 0. The van der Waals surface area contributed by atoms with Crippen LogP contribution >= 0.6 is 0 Å². The van der Waals surface area contributed by atoms with Crippen LogP contribution in [0, 0.1) is 0 Å². The molecule has 0 bridgehead atoms. The van der Waals surface area contributed by atoms with Crippen LogP contribution in [0.3, 0.4) is 0 Å². The highest BCUT2D eigenvalue weighted by atomic mass is 16.4. The number of hydrogen-bond acceptors (Lipinski definition) is 4. The van der Waals surface area contributed by atoms with Crippen molar-refractivity contribution in [3.63, 3.8) is 0 Å². The van der Waals surface area contributed by atoms with Crippen LogP contribution in [0.1, 0.15) is 66.9 Å². The number of pyridine rings is 1. The first-order valence-corrected chi connectivity index (χ1v) is 14.4. The Bertz CT molecular complexity index is 1680. The summed E-state index contributed by atoms with van der Waals surface area (Å²) in [5.74, 6) is -0.543. The number of aryl methyl sites for hydroxylation is 1. The summed E-state index contributed by atoms with van der Waals surface area (Å²) in [7, 11) is 2.02. The number of hydrogen-bond donors (Lipinski definition) is 3. The fourth-order valence-corrected chi connectivity index (χ4v) is 6.17. The maximum Gasteiger partial charge on any atom is 0.328 e. The van der Waals surface area contributed by atoms with Crippen LogP contribution < -0.4 is 15.2 Å². The molecule has 9 nitrogen and oxygen atoms in total. The molecule has 0 radical (unpaired) electrons. The third-order valence-corrected chi connectivity index (χ3v) is 8.57. The van der Waals surface area contributed by atoms with Gasteiger partial charge in [0.25, 0.3) is 5.91 Å². The number of anilines is 1. The van der Waals surface area contributed by atoms with Crippen LogP contribution in [0.4, 0.5) is 5.69 Å². The predicted octanol–water partition coefficient (Wildman–Crippen LogP) is 5.03. The Morgan fingerprint density at radius 1 is 1.02 bits per heavy atom. The number of amides is 2. The van der Waals surface area contributed by atoms with Gasteiger partial charge in [0.1, 0.15) is 11.6 Å². The lowest BCUT2D eigenvalue weighted by atomic mass is 9.75. The third kappa shape index (κ3) is 5.18. The fraction of sp³-hybridized carbons (Fsp3) is 0.303. The average molecular weight is 565 g/mol. The van der Waals surface area contributed by atoms with E-state index in [-0.39, 0.29) is 11.8 Å². The van der Waals surface area contributed by atoms with Crippen molar-refractivity contribution in [2.45, 2.75) is 56.5 Å². The topological polar surface area (TPSA) is 117 Å². The quantitative estimate of drug-likeness (QED) is 0.205. The van der Waals surface area contributed by atoms with Crippen molar-refractivity contribution < 1.29 is 24.1 Å². The molecule has 2 heterocycles. The van der Waals surface area contributed by atoms with Crippen LogP contribution in [0.15, 0.2) is 72.9 Å². The summed E-state index contributed by atoms with van der Waals surface area (Å²) in [6, 6.07) is 19.0. The molecule has 0 aliphatic heterocycles. The minimum Gasteiger partial charge on any atom is -0.478 e. The Morgan fingerprint density at radius 3 is 2.43 bits per heavy atom. The van der Waals surface area contributed by atoms with Gasteiger partial charge in [-0.15, -0.1) is 0 Å². The van der Waals surface area contributed by atoms with Gasteiger partial charge in [-0.3, -0.25) is 9.59 Å². The number of carboxylic acids is 1. The van der Waals surface area contributed by atoms with Gasteiger partial charge in [-0.25, -0.2) is 18.9 Å². The second kappa shape index (κ2) is 11.2. The van der Waals surface area contributed by atoms with Gasteiger partial charge in [0.05, 0.1) is 7.05 Å². The van der Waals surface area contributed by atoms with Crippen LogP contribution in [-0.4, -0.2) is 38.0 Å². The molecule has 2 amide bonds. The second-order valence-electron chi connectivity index (χ2n) is 11.2. The number of nitrogens with one attached hydrogen (secondary N) is 2. The first kappa shape index (κ1) is 27.4. The highest BCUT2D eigenvalue weighted by molar-refractivity contribution is 6.05. The first-order valence-electron chi connectivity index (χ1n) is 14.4. The number of aromatic nitrogens is 3. The molecule has 0 spiro atoms. The van der Waals surface area contributed by atoms with Crippen molar-refractivity contribution in [3.8, 4) is 11.5 Å². The van der Waals surface area contributed by atoms with Crippen molar-refractivity contribution in [2.24, 2.45) is 7.05 Å². The number of carboxylic acid groups (broad SMARTS) is 1. The van der Waals surface area contributed by atoms with Gasteiger partial charge in [0, 0.05) is 29.6 Å². The van der Waals surface area contributed by atoms with E-state index in [1.165, 1.54) is 18.9 Å². The number of carbonyl (C=O) groups is 3. The summed E-state index contributed by atoms with van der Waals surface area (Å²) in [4.78, 5) is 42.3. The van der Waals surface area contributed by atoms with Gasteiger partial charge in [0.15, 0.2) is 16.7 Å². The lowest BCUT2D eigenvalue weighted by Crippen LogP contribution is -2.61. The van der Waals surface area contributed by atoms with Crippen molar-refractivity contribution >= 4 is 40.6 Å². The predicted molar refractivity (Wildman–Crippen MR) is 160 cm³/mol. The van der Waals surface area contributed by atoms with E-state index in [9.17, 15) is 14.4 Å². The lowest BCUT2D eigenvalue weighted by molar-refractivity contribution is -0.687. The summed E-state index contributed by atoms with van der Waals surface area (Å²) in [6.45, 7) is 0. The van der Waals surface area contributed by atoms with Crippen molar-refractivity contribution in [1.29, 1.82) is 0 Å². The average Bonchev–Trinajstić information content (AvgIpc) is 3.61. The van der Waals surface area contributed by atoms with Crippen LogP contribution in [0.2, 0.25) is 0 Å². The highest BCUT2D eigenvalue weighted by Crippen LogP contribution is 2.34. The number of aliphatic carboxylic acids is 1. The molecule has 2 aliphatic rings. The Kier molecular flexibility index (Phi) is 7.33. The minimum atomic E-state index is -1.03. The molecule has 214 valence electrons. The van der Waals surface area contributed by atoms with Crippen LogP contribution in [0.25, 0.3) is 28.6 Å². The highest BCUT2D eigenvalue weighted by Gasteiger charge is 2.45. The molecular formula is C33H34N5O4+. The van der Waals surface area contributed by atoms with E-state index in [4.69, 9.17) is 5.11 Å². The fourth-order valence-electron chi connectivity index (χ4n) is 6.17. The largest absolute Gasteiger partial charge is 0.478 e. The Balaban J connectivity index is 1.25. The van der Waals surface area contributed by atoms with Gasteiger partial charge in [-0.1, -0.05) is 18.2 Å². The number of carbonyl (C=O) groups excluding carboxylic acids is 2. The molecule has 0 unspecified atom stereocenters. The molecule has 2 aliphatic carbocycles. The number of rotatable bonds is 8. The Labute approximate surface area is 243 Å². The number of fused-ring (bicyclic) bond motifs is 1. The third-order valence-electron chi connectivity index (χ3n) is 8.57. The van der Waals surface area contributed by atoms with Crippen molar-refractivity contribution in [1.82, 2.24) is 14.9 Å². The summed E-state index contributed by atoms with van der Waals surface area (Å²) in [5, 5.41) is 14.8. The summed E-state index contributed by atoms with van der Waals surface area (Å²) < 4.78 is 4.50. The van der Waals surface area contributed by atoms with E-state index in [0.717, 1.165) is 47.9 Å². The Hall–Kier alpha value is -4.79. The number of nitrogens with zero attached hydrogens (tertiary/aromatic N) is 3. The van der Waals surface area contributed by atoms with Gasteiger partial charge in [-0.05, 0) is 93.0 Å². The molecule has 2 aromatic heterocycles. The molecule has 42 heavy (non-hydrogen) atoms. The van der Waals surface area contributed by atoms with Gasteiger partial charge < -0.3 is 15.7 Å². The van der Waals surface area contributed by atoms with Gasteiger partial charge >= 0.3 is 11.8 Å². The molecule has 0 saturated heterocycles. The summed E-state index contributed by atoms with van der Waals surface area (Å²) in [6.07, 6.45) is 10.9. The molecule has 4 aromatic rings. The smallest absolute Gasteiger partial charge is 0.328 e. The SMILES string of the molecule is Cn1c(-c2ccccn2)[n+](C2CCCC2)c2ccc(C(=O)NC3(C(=O)Nc4ccc(/C=C/C(=O)O)cc4)CCC3)cc21. The molecule has 9 heteroatoms. The van der Waals surface area contributed by atoms with E-state index in [2.05, 4.69) is 24.8 Å². The maximum atomic E-state index is 13.6. The zero-order chi connectivity index (χ0) is 29.3. The van der Waals surface area contributed by atoms with E-state index in [1.54, 1.807) is 30.5 Å². The zero-order valence-electron chi connectivity index (χ0n) is 23.5. The minimum absolute atomic E-state index is 0.257. The van der Waals surface area contributed by atoms with Crippen LogP contribution in [0.5, 0.6) is 0 Å². The van der Waals surface area contributed by atoms with Crippen molar-refractivity contribution in [3.05, 3.63) is 84.1 Å². The molecule has 2 aromatic carbocycles.